The second kappa shape index (κ2) is 10.1. The number of hydrogen-bond acceptors (Lipinski definition) is 3. The fourth-order valence-electron chi connectivity index (χ4n) is 4.13. The van der Waals surface area contributed by atoms with Crippen molar-refractivity contribution in [2.45, 2.75) is 84.7 Å². The van der Waals surface area contributed by atoms with Gasteiger partial charge in [-0.15, -0.1) is 0 Å². The van der Waals surface area contributed by atoms with E-state index in [0.717, 1.165) is 10.4 Å². The minimum Gasteiger partial charge on any atom is -0.416 e. The van der Waals surface area contributed by atoms with Crippen LogP contribution in [0.2, 0.25) is 23.2 Å². The van der Waals surface area contributed by atoms with Gasteiger partial charge in [0.15, 0.2) is 8.32 Å². The number of amides is 1. The van der Waals surface area contributed by atoms with Crippen molar-refractivity contribution in [2.75, 3.05) is 6.61 Å². The average molecular weight is 500 g/mol. The molecule has 2 N–H and O–H groups in total. The lowest BCUT2D eigenvalue weighted by Crippen LogP contribution is -2.70. The molecule has 0 spiro atoms. The summed E-state index contributed by atoms with van der Waals surface area (Å²) in [5.74, 6) is -0.447. The molecule has 4 nitrogen and oxygen atoms in total. The second-order valence-corrected chi connectivity index (χ2v) is 21.7. The Morgan fingerprint density at radius 1 is 0.794 bits per heavy atom. The summed E-state index contributed by atoms with van der Waals surface area (Å²) in [6, 6.07) is 20.7. The summed E-state index contributed by atoms with van der Waals surface area (Å²) in [4.78, 5) is 13.0. The number of rotatable bonds is 9. The van der Waals surface area contributed by atoms with Gasteiger partial charge < -0.3 is 14.6 Å². The first-order valence-corrected chi connectivity index (χ1v) is 17.0. The summed E-state index contributed by atoms with van der Waals surface area (Å²) in [6.07, 6.45) is -0.802. The Labute approximate surface area is 209 Å². The first-order valence-electron chi connectivity index (χ1n) is 12.2. The van der Waals surface area contributed by atoms with Crippen LogP contribution in [0.3, 0.4) is 0 Å². The number of benzene rings is 2. The van der Waals surface area contributed by atoms with Gasteiger partial charge in [0.25, 0.3) is 8.32 Å². The highest BCUT2D eigenvalue weighted by Crippen LogP contribution is 2.41. The lowest BCUT2D eigenvalue weighted by Gasteiger charge is -2.48. The lowest BCUT2D eigenvalue weighted by molar-refractivity contribution is -0.131. The Kier molecular flexibility index (Phi) is 8.46. The predicted octanol–water partition coefficient (Wildman–Crippen LogP) is 5.46. The molecule has 2 aromatic rings. The van der Waals surface area contributed by atoms with Crippen molar-refractivity contribution in [3.63, 3.8) is 0 Å². The number of carbonyl (C=O) groups excluding carboxylic acids is 1. The van der Waals surface area contributed by atoms with E-state index >= 15 is 0 Å². The van der Waals surface area contributed by atoms with Gasteiger partial charge in [-0.25, -0.2) is 0 Å². The summed E-state index contributed by atoms with van der Waals surface area (Å²) in [7, 11) is -4.96. The number of nitrogens with two attached hydrogens (primary N) is 1. The maximum absolute atomic E-state index is 13.0. The molecule has 6 heteroatoms. The van der Waals surface area contributed by atoms with Crippen molar-refractivity contribution in [3.05, 3.63) is 60.7 Å². The van der Waals surface area contributed by atoms with E-state index in [9.17, 15) is 4.79 Å². The predicted molar refractivity (Wildman–Crippen MR) is 149 cm³/mol. The quantitative estimate of drug-likeness (QED) is 0.466. The molecule has 0 saturated heterocycles. The first-order chi connectivity index (χ1) is 15.5. The van der Waals surface area contributed by atoms with Crippen molar-refractivity contribution in [2.24, 2.45) is 11.1 Å². The van der Waals surface area contributed by atoms with E-state index in [1.807, 2.05) is 50.2 Å². The van der Waals surface area contributed by atoms with Gasteiger partial charge in [-0.2, -0.15) is 0 Å². The molecule has 0 heterocycles. The number of carbonyl (C=O) groups is 1. The van der Waals surface area contributed by atoms with E-state index in [0.29, 0.717) is 6.61 Å². The molecule has 0 unspecified atom stereocenters. The van der Waals surface area contributed by atoms with Gasteiger partial charge in [0.2, 0.25) is 5.91 Å². The normalized spacial score (nSPS) is 14.6. The maximum atomic E-state index is 13.0. The highest BCUT2D eigenvalue weighted by molar-refractivity contribution is 6.99. The summed E-state index contributed by atoms with van der Waals surface area (Å²) < 4.78 is 13.7. The SMILES string of the molecule is CC(C)(CO[Si](C)(C)C(C)(C)C)[C@@H](O[Si](c1ccccc1)(c1ccccc1)C(C)(C)C)C(N)=O. The fourth-order valence-corrected chi connectivity index (χ4v) is 10.1. The second-order valence-electron chi connectivity index (χ2n) is 12.6. The third-order valence-corrected chi connectivity index (χ3v) is 16.8. The average Bonchev–Trinajstić information content (AvgIpc) is 2.72. The Morgan fingerprint density at radius 2 is 1.21 bits per heavy atom. The third kappa shape index (κ3) is 5.90. The zero-order chi connectivity index (χ0) is 26.0. The molecular weight excluding hydrogens is 454 g/mol. The lowest BCUT2D eigenvalue weighted by atomic mass is 9.87. The van der Waals surface area contributed by atoms with Crippen LogP contribution in [0.15, 0.2) is 60.7 Å². The van der Waals surface area contributed by atoms with E-state index in [4.69, 9.17) is 14.6 Å². The molecule has 0 aliphatic heterocycles. The Bertz CT molecular complexity index is 906. The van der Waals surface area contributed by atoms with Gasteiger partial charge in [-0.3, -0.25) is 4.79 Å². The number of hydrogen-bond donors (Lipinski definition) is 1. The van der Waals surface area contributed by atoms with Crippen LogP contribution in [-0.2, 0) is 13.6 Å². The molecule has 2 aromatic carbocycles. The van der Waals surface area contributed by atoms with E-state index < -0.39 is 34.1 Å². The molecule has 0 saturated carbocycles. The van der Waals surface area contributed by atoms with Gasteiger partial charge >= 0.3 is 0 Å². The molecule has 188 valence electrons. The molecule has 0 bridgehead atoms. The van der Waals surface area contributed by atoms with Crippen LogP contribution in [0.25, 0.3) is 0 Å². The maximum Gasteiger partial charge on any atom is 0.262 e. The fraction of sp³-hybridized carbons (Fsp3) is 0.536. The van der Waals surface area contributed by atoms with Crippen molar-refractivity contribution in [3.8, 4) is 0 Å². The molecule has 0 fully saturated rings. The monoisotopic (exact) mass is 499 g/mol. The topological polar surface area (TPSA) is 61.6 Å². The highest BCUT2D eigenvalue weighted by Gasteiger charge is 2.54. The highest BCUT2D eigenvalue weighted by atomic mass is 28.4. The van der Waals surface area contributed by atoms with Crippen molar-refractivity contribution in [1.82, 2.24) is 0 Å². The van der Waals surface area contributed by atoms with Gasteiger partial charge in [-0.1, -0.05) is 116 Å². The Hall–Kier alpha value is -1.74. The Morgan fingerprint density at radius 3 is 1.53 bits per heavy atom. The largest absolute Gasteiger partial charge is 0.416 e. The molecule has 34 heavy (non-hydrogen) atoms. The van der Waals surface area contributed by atoms with Crippen molar-refractivity contribution < 1.29 is 13.6 Å². The van der Waals surface area contributed by atoms with Gasteiger partial charge in [0, 0.05) is 12.0 Å². The zero-order valence-corrected chi connectivity index (χ0v) is 24.9. The van der Waals surface area contributed by atoms with Crippen LogP contribution >= 0.6 is 0 Å². The van der Waals surface area contributed by atoms with Gasteiger partial charge in [0.05, 0.1) is 0 Å². The van der Waals surface area contributed by atoms with Crippen LogP contribution < -0.4 is 16.1 Å². The van der Waals surface area contributed by atoms with Crippen LogP contribution in [0.5, 0.6) is 0 Å². The standard InChI is InChI=1S/C28H45NO3Si2/c1-26(2,3)33(9,10)31-21-28(7,8)24(25(29)30)32-34(27(4,5)6,22-17-13-11-14-18-22)23-19-15-12-16-20-23/h11-20,24H,21H2,1-10H3,(H2,29,30)/t24-/m0/s1. The molecule has 2 rings (SSSR count). The summed E-state index contributed by atoms with van der Waals surface area (Å²) in [5, 5.41) is 2.08. The number of primary amides is 1. The summed E-state index contributed by atoms with van der Waals surface area (Å²) in [5.41, 5.74) is 5.47. The van der Waals surface area contributed by atoms with Crippen LogP contribution in [0.1, 0.15) is 55.4 Å². The molecule has 1 amide bonds. The van der Waals surface area contributed by atoms with E-state index in [2.05, 4.69) is 78.9 Å². The van der Waals surface area contributed by atoms with E-state index in [1.165, 1.54) is 0 Å². The molecule has 0 aromatic heterocycles. The Balaban J connectivity index is 2.62. The molecule has 0 radical (unpaired) electrons. The summed E-state index contributed by atoms with van der Waals surface area (Å²) >= 11 is 0. The van der Waals surface area contributed by atoms with Crippen LogP contribution in [0, 0.1) is 5.41 Å². The molecule has 0 aliphatic rings. The van der Waals surface area contributed by atoms with Crippen LogP contribution in [0.4, 0.5) is 0 Å². The van der Waals surface area contributed by atoms with Crippen molar-refractivity contribution in [1.29, 1.82) is 0 Å². The van der Waals surface area contributed by atoms with E-state index in [-0.39, 0.29) is 10.1 Å². The third-order valence-electron chi connectivity index (χ3n) is 7.29. The minimum absolute atomic E-state index is 0.0736. The summed E-state index contributed by atoms with van der Waals surface area (Å²) in [6.45, 7) is 22.2. The molecule has 0 aliphatic carbocycles. The first kappa shape index (κ1) is 28.5. The van der Waals surface area contributed by atoms with E-state index in [1.54, 1.807) is 0 Å². The molecule has 1 atom stereocenters. The minimum atomic E-state index is -2.94. The molecular formula is C28H45NO3Si2. The van der Waals surface area contributed by atoms with Crippen molar-refractivity contribution >= 4 is 32.9 Å². The van der Waals surface area contributed by atoms with Gasteiger partial charge in [-0.05, 0) is 33.5 Å². The van der Waals surface area contributed by atoms with Gasteiger partial charge in [0.1, 0.15) is 6.10 Å². The smallest absolute Gasteiger partial charge is 0.262 e. The van der Waals surface area contributed by atoms with Crippen LogP contribution in [-0.4, -0.2) is 35.3 Å². The zero-order valence-electron chi connectivity index (χ0n) is 22.9.